The summed E-state index contributed by atoms with van der Waals surface area (Å²) in [6.07, 6.45) is 2.10. The molecule has 0 unspecified atom stereocenters. The summed E-state index contributed by atoms with van der Waals surface area (Å²) in [5, 5.41) is 11.9. The highest BCUT2D eigenvalue weighted by Gasteiger charge is 2.08. The minimum Gasteiger partial charge on any atom is -0.494 e. The predicted molar refractivity (Wildman–Crippen MR) is 105 cm³/mol. The topological polar surface area (TPSA) is 71.7 Å². The van der Waals surface area contributed by atoms with E-state index in [1.807, 2.05) is 42.5 Å². The van der Waals surface area contributed by atoms with E-state index < -0.39 is 0 Å². The van der Waals surface area contributed by atoms with Crippen LogP contribution in [0.4, 0.5) is 5.69 Å². The van der Waals surface area contributed by atoms with Crippen LogP contribution in [0.3, 0.4) is 0 Å². The predicted octanol–water partition coefficient (Wildman–Crippen LogP) is 4.87. The van der Waals surface area contributed by atoms with Crippen LogP contribution in [0.25, 0.3) is 11.3 Å². The van der Waals surface area contributed by atoms with E-state index in [0.717, 1.165) is 24.2 Å². The minimum atomic E-state index is -0.177. The molecule has 2 aromatic carbocycles. The molecule has 0 saturated carbocycles. The van der Waals surface area contributed by atoms with Gasteiger partial charge in [-0.15, -0.1) is 0 Å². The second-order valence-corrected chi connectivity index (χ2v) is 6.18. The third-order valence-electron chi connectivity index (χ3n) is 4.13. The second kappa shape index (κ2) is 9.05. The molecule has 5 heteroatoms. The minimum absolute atomic E-state index is 0.128. The number of hydrogen-bond donors (Lipinski definition) is 2. The van der Waals surface area contributed by atoms with Gasteiger partial charge in [-0.2, -0.15) is 0 Å². The van der Waals surface area contributed by atoms with E-state index in [2.05, 4.69) is 12.2 Å². The summed E-state index contributed by atoms with van der Waals surface area (Å²) in [7, 11) is 0. The Morgan fingerprint density at radius 2 is 1.78 bits per heavy atom. The molecule has 0 radical (unpaired) electrons. The third-order valence-corrected chi connectivity index (χ3v) is 4.13. The number of hydrogen-bond acceptors (Lipinski definition) is 4. The lowest BCUT2D eigenvalue weighted by Crippen LogP contribution is -2.11. The molecule has 1 aromatic heterocycles. The molecule has 3 aromatic rings. The number of benzene rings is 2. The van der Waals surface area contributed by atoms with Crippen molar-refractivity contribution in [3.05, 3.63) is 72.0 Å². The molecule has 0 aliphatic rings. The van der Waals surface area contributed by atoms with Crippen molar-refractivity contribution in [1.29, 1.82) is 0 Å². The van der Waals surface area contributed by atoms with Gasteiger partial charge in [-0.1, -0.05) is 13.3 Å². The molecule has 0 aliphatic heterocycles. The second-order valence-electron chi connectivity index (χ2n) is 6.18. The van der Waals surface area contributed by atoms with Gasteiger partial charge in [0.15, 0.2) is 0 Å². The molecule has 0 atom stereocenters. The zero-order valence-corrected chi connectivity index (χ0v) is 15.3. The number of rotatable bonds is 8. The van der Waals surface area contributed by atoms with Gasteiger partial charge in [0.2, 0.25) is 0 Å². The number of aliphatic hydroxyl groups excluding tert-OH is 1. The molecular weight excluding hydrogens is 342 g/mol. The van der Waals surface area contributed by atoms with Crippen LogP contribution in [-0.4, -0.2) is 17.6 Å². The maximum Gasteiger partial charge on any atom is 0.255 e. The van der Waals surface area contributed by atoms with Crippen molar-refractivity contribution in [1.82, 2.24) is 0 Å². The molecule has 140 valence electrons. The maximum absolute atomic E-state index is 12.4. The number of furan rings is 1. The average Bonchev–Trinajstić information content (AvgIpc) is 3.18. The summed E-state index contributed by atoms with van der Waals surface area (Å²) >= 11 is 0. The van der Waals surface area contributed by atoms with E-state index in [9.17, 15) is 4.79 Å². The third kappa shape index (κ3) is 4.99. The summed E-state index contributed by atoms with van der Waals surface area (Å²) in [5.41, 5.74) is 2.14. The molecule has 1 amide bonds. The fourth-order valence-corrected chi connectivity index (χ4v) is 2.58. The number of carbonyl (C=O) groups is 1. The zero-order chi connectivity index (χ0) is 19.1. The fraction of sp³-hybridized carbons (Fsp3) is 0.227. The Hall–Kier alpha value is -3.05. The van der Waals surface area contributed by atoms with Crippen molar-refractivity contribution >= 4 is 11.6 Å². The fourth-order valence-electron chi connectivity index (χ4n) is 2.58. The van der Waals surface area contributed by atoms with Crippen molar-refractivity contribution in [3.63, 3.8) is 0 Å². The largest absolute Gasteiger partial charge is 0.494 e. The number of amides is 1. The van der Waals surface area contributed by atoms with Crippen LogP contribution < -0.4 is 10.1 Å². The first-order valence-electron chi connectivity index (χ1n) is 9.04. The number of aliphatic hydroxyl groups is 1. The van der Waals surface area contributed by atoms with Crippen molar-refractivity contribution in [2.75, 3.05) is 11.9 Å². The zero-order valence-electron chi connectivity index (χ0n) is 15.3. The van der Waals surface area contributed by atoms with Gasteiger partial charge >= 0.3 is 0 Å². The lowest BCUT2D eigenvalue weighted by molar-refractivity contribution is 0.102. The number of ether oxygens (including phenoxy) is 1. The molecule has 3 rings (SSSR count). The number of nitrogens with one attached hydrogen (secondary N) is 1. The van der Waals surface area contributed by atoms with Gasteiger partial charge in [-0.3, -0.25) is 4.79 Å². The first kappa shape index (κ1) is 18.7. The van der Waals surface area contributed by atoms with Gasteiger partial charge in [0.25, 0.3) is 5.91 Å². The van der Waals surface area contributed by atoms with Gasteiger partial charge in [0.1, 0.15) is 23.9 Å². The Morgan fingerprint density at radius 1 is 1.04 bits per heavy atom. The summed E-state index contributed by atoms with van der Waals surface area (Å²) < 4.78 is 11.1. The van der Waals surface area contributed by atoms with Crippen LogP contribution in [-0.2, 0) is 6.61 Å². The van der Waals surface area contributed by atoms with Crippen molar-refractivity contribution in [2.24, 2.45) is 0 Å². The summed E-state index contributed by atoms with van der Waals surface area (Å²) in [4.78, 5) is 12.4. The monoisotopic (exact) mass is 365 g/mol. The van der Waals surface area contributed by atoms with Gasteiger partial charge in [-0.05, 0) is 67.1 Å². The van der Waals surface area contributed by atoms with Crippen LogP contribution in [0, 0.1) is 0 Å². The maximum atomic E-state index is 12.4. The highest BCUT2D eigenvalue weighted by Crippen LogP contribution is 2.24. The molecule has 2 N–H and O–H groups in total. The Morgan fingerprint density at radius 3 is 2.41 bits per heavy atom. The van der Waals surface area contributed by atoms with Gasteiger partial charge < -0.3 is 19.6 Å². The van der Waals surface area contributed by atoms with Gasteiger partial charge in [0.05, 0.1) is 6.61 Å². The van der Waals surface area contributed by atoms with Crippen LogP contribution in [0.15, 0.2) is 65.1 Å². The molecule has 27 heavy (non-hydrogen) atoms. The molecule has 5 nitrogen and oxygen atoms in total. The average molecular weight is 365 g/mol. The highest BCUT2D eigenvalue weighted by molar-refractivity contribution is 6.04. The van der Waals surface area contributed by atoms with Gasteiger partial charge in [-0.25, -0.2) is 0 Å². The number of unbranched alkanes of at least 4 members (excludes halogenated alkanes) is 1. The molecule has 0 aliphatic carbocycles. The molecule has 0 saturated heterocycles. The van der Waals surface area contributed by atoms with E-state index >= 15 is 0 Å². The van der Waals surface area contributed by atoms with Crippen molar-refractivity contribution in [3.8, 4) is 17.1 Å². The Labute approximate surface area is 158 Å². The lowest BCUT2D eigenvalue weighted by atomic mass is 10.1. The quantitative estimate of drug-likeness (QED) is 0.559. The Balaban J connectivity index is 1.60. The van der Waals surface area contributed by atoms with Crippen LogP contribution >= 0.6 is 0 Å². The SMILES string of the molecule is CCCCOc1ccc(C(=O)Nc2ccc(-c3ccc(CO)o3)cc2)cc1. The lowest BCUT2D eigenvalue weighted by Gasteiger charge is -2.08. The normalized spacial score (nSPS) is 10.6. The van der Waals surface area contributed by atoms with E-state index in [1.54, 1.807) is 18.2 Å². The number of anilines is 1. The Bertz CT molecular complexity index is 866. The summed E-state index contributed by atoms with van der Waals surface area (Å²) in [6.45, 7) is 2.67. The molecule has 1 heterocycles. The molecule has 0 spiro atoms. The first-order chi connectivity index (χ1) is 13.2. The first-order valence-corrected chi connectivity index (χ1v) is 9.04. The smallest absolute Gasteiger partial charge is 0.255 e. The van der Waals surface area contributed by atoms with E-state index in [0.29, 0.717) is 29.4 Å². The highest BCUT2D eigenvalue weighted by atomic mass is 16.5. The van der Waals surface area contributed by atoms with Crippen LogP contribution in [0.1, 0.15) is 35.9 Å². The van der Waals surface area contributed by atoms with E-state index in [4.69, 9.17) is 14.3 Å². The standard InChI is InChI=1S/C22H23NO4/c1-2-3-14-26-19-10-6-17(7-11-19)22(25)23-18-8-4-16(5-9-18)21-13-12-20(15-24)27-21/h4-13,24H,2-3,14-15H2,1H3,(H,23,25). The molecule has 0 bridgehead atoms. The van der Waals surface area contributed by atoms with Crippen molar-refractivity contribution < 1.29 is 19.1 Å². The van der Waals surface area contributed by atoms with Crippen molar-refractivity contribution in [2.45, 2.75) is 26.4 Å². The van der Waals surface area contributed by atoms with E-state index in [1.165, 1.54) is 0 Å². The Kier molecular flexibility index (Phi) is 6.28. The van der Waals surface area contributed by atoms with Gasteiger partial charge in [0, 0.05) is 16.8 Å². The van der Waals surface area contributed by atoms with Crippen LogP contribution in [0.5, 0.6) is 5.75 Å². The molecular formula is C22H23NO4. The molecule has 0 fully saturated rings. The van der Waals surface area contributed by atoms with E-state index in [-0.39, 0.29) is 12.5 Å². The summed E-state index contributed by atoms with van der Waals surface area (Å²) in [6, 6.07) is 18.0. The summed E-state index contributed by atoms with van der Waals surface area (Å²) in [5.74, 6) is 1.79. The van der Waals surface area contributed by atoms with Crippen LogP contribution in [0.2, 0.25) is 0 Å². The number of carbonyl (C=O) groups excluding carboxylic acids is 1.